The van der Waals surface area contributed by atoms with Crippen LogP contribution in [0.3, 0.4) is 0 Å². The standard InChI is InChI=1S/C22H27N3O3S/c1-16-12-17(2)24-22(23-16)29-15-21(27)28-14-20(26)25-10-8-19(9-11-25)13-18-6-4-3-5-7-18/h3-7,12,19H,8-11,13-15H2,1-2H3. The fourth-order valence-corrected chi connectivity index (χ4v) is 4.24. The molecular formula is C22H27N3O3S. The molecule has 0 unspecified atom stereocenters. The summed E-state index contributed by atoms with van der Waals surface area (Å²) in [5, 5.41) is 0.547. The number of likely N-dealkylation sites (tertiary alicyclic amines) is 1. The van der Waals surface area contributed by atoms with E-state index in [0.717, 1.165) is 43.7 Å². The third kappa shape index (κ3) is 6.85. The number of benzene rings is 1. The highest BCUT2D eigenvalue weighted by Gasteiger charge is 2.23. The summed E-state index contributed by atoms with van der Waals surface area (Å²) in [4.78, 5) is 34.7. The van der Waals surface area contributed by atoms with E-state index in [0.29, 0.717) is 11.1 Å². The van der Waals surface area contributed by atoms with Gasteiger partial charge in [0.05, 0.1) is 5.75 Å². The zero-order valence-corrected chi connectivity index (χ0v) is 17.8. The Bertz CT molecular complexity index is 816. The van der Waals surface area contributed by atoms with Crippen molar-refractivity contribution >= 4 is 23.6 Å². The topological polar surface area (TPSA) is 72.4 Å². The lowest BCUT2D eigenvalue weighted by Gasteiger charge is -2.32. The minimum atomic E-state index is -0.426. The van der Waals surface area contributed by atoms with Crippen molar-refractivity contribution in [3.63, 3.8) is 0 Å². The molecule has 2 aromatic rings. The first kappa shape index (κ1) is 21.3. The highest BCUT2D eigenvalue weighted by Crippen LogP contribution is 2.22. The Morgan fingerprint density at radius 1 is 1.10 bits per heavy atom. The summed E-state index contributed by atoms with van der Waals surface area (Å²) in [5.41, 5.74) is 3.06. The first-order chi connectivity index (χ1) is 14.0. The van der Waals surface area contributed by atoms with E-state index in [1.54, 1.807) is 4.90 Å². The molecule has 1 aliphatic heterocycles. The van der Waals surface area contributed by atoms with Gasteiger partial charge in [-0.2, -0.15) is 0 Å². The predicted molar refractivity (Wildman–Crippen MR) is 113 cm³/mol. The van der Waals surface area contributed by atoms with Gasteiger partial charge in [0, 0.05) is 24.5 Å². The molecule has 2 heterocycles. The van der Waals surface area contributed by atoms with Crippen LogP contribution in [0.2, 0.25) is 0 Å². The minimum Gasteiger partial charge on any atom is -0.455 e. The summed E-state index contributed by atoms with van der Waals surface area (Å²) in [6.07, 6.45) is 3.01. The van der Waals surface area contributed by atoms with Crippen molar-refractivity contribution < 1.29 is 14.3 Å². The second-order valence-corrected chi connectivity index (χ2v) is 8.34. The van der Waals surface area contributed by atoms with Gasteiger partial charge in [0.1, 0.15) is 0 Å². The highest BCUT2D eigenvalue weighted by molar-refractivity contribution is 7.99. The van der Waals surface area contributed by atoms with E-state index in [-0.39, 0.29) is 18.3 Å². The van der Waals surface area contributed by atoms with Gasteiger partial charge in [-0.25, -0.2) is 9.97 Å². The molecule has 154 valence electrons. The lowest BCUT2D eigenvalue weighted by atomic mass is 9.90. The number of ether oxygens (including phenoxy) is 1. The second-order valence-electron chi connectivity index (χ2n) is 7.40. The number of hydrogen-bond donors (Lipinski definition) is 0. The molecule has 0 spiro atoms. The molecule has 1 aliphatic rings. The maximum atomic E-state index is 12.3. The molecule has 0 aliphatic carbocycles. The van der Waals surface area contributed by atoms with Crippen LogP contribution in [0.15, 0.2) is 41.6 Å². The molecule has 1 saturated heterocycles. The Morgan fingerprint density at radius 2 is 1.76 bits per heavy atom. The SMILES string of the molecule is Cc1cc(C)nc(SCC(=O)OCC(=O)N2CCC(Cc3ccccc3)CC2)n1. The van der Waals surface area contributed by atoms with Gasteiger partial charge < -0.3 is 9.64 Å². The van der Waals surface area contributed by atoms with E-state index in [1.165, 1.54) is 17.3 Å². The minimum absolute atomic E-state index is 0.0926. The number of carbonyl (C=O) groups excluding carboxylic acids is 2. The van der Waals surface area contributed by atoms with Crippen LogP contribution in [0, 0.1) is 19.8 Å². The van der Waals surface area contributed by atoms with Crippen LogP contribution in [0.1, 0.15) is 29.8 Å². The van der Waals surface area contributed by atoms with Crippen LogP contribution in [0.25, 0.3) is 0 Å². The van der Waals surface area contributed by atoms with Gasteiger partial charge in [0.25, 0.3) is 5.91 Å². The molecule has 0 bridgehead atoms. The monoisotopic (exact) mass is 413 g/mol. The van der Waals surface area contributed by atoms with Crippen LogP contribution in [0.5, 0.6) is 0 Å². The quantitative estimate of drug-likeness (QED) is 0.394. The third-order valence-electron chi connectivity index (χ3n) is 4.97. The predicted octanol–water partition coefficient (Wildman–Crippen LogP) is 3.21. The number of carbonyl (C=O) groups is 2. The number of nitrogens with zero attached hydrogens (tertiary/aromatic N) is 3. The molecule has 0 saturated carbocycles. The number of aromatic nitrogens is 2. The largest absolute Gasteiger partial charge is 0.455 e. The Morgan fingerprint density at radius 3 is 2.41 bits per heavy atom. The van der Waals surface area contributed by atoms with E-state index in [1.807, 2.05) is 26.0 Å². The van der Waals surface area contributed by atoms with Crippen molar-refractivity contribution in [2.24, 2.45) is 5.92 Å². The van der Waals surface area contributed by atoms with Gasteiger partial charge in [-0.05, 0) is 50.7 Å². The van der Waals surface area contributed by atoms with Crippen molar-refractivity contribution in [3.8, 4) is 0 Å². The maximum Gasteiger partial charge on any atom is 0.316 e. The molecule has 0 atom stereocenters. The van der Waals surface area contributed by atoms with Gasteiger partial charge >= 0.3 is 5.97 Å². The Kier molecular flexibility index (Phi) is 7.63. The molecule has 7 heteroatoms. The number of thioether (sulfide) groups is 1. The Balaban J connectivity index is 1.35. The summed E-state index contributed by atoms with van der Waals surface area (Å²) in [6.45, 7) is 5.02. The average Bonchev–Trinajstić information content (AvgIpc) is 2.71. The first-order valence-electron chi connectivity index (χ1n) is 9.92. The van der Waals surface area contributed by atoms with Crippen LogP contribution < -0.4 is 0 Å². The molecule has 3 rings (SSSR count). The second kappa shape index (κ2) is 10.4. The molecule has 6 nitrogen and oxygen atoms in total. The average molecular weight is 414 g/mol. The zero-order valence-electron chi connectivity index (χ0n) is 17.0. The van der Waals surface area contributed by atoms with E-state index < -0.39 is 5.97 Å². The highest BCUT2D eigenvalue weighted by atomic mass is 32.2. The third-order valence-corrected chi connectivity index (χ3v) is 5.79. The molecule has 1 fully saturated rings. The van der Waals surface area contributed by atoms with Gasteiger partial charge in [-0.1, -0.05) is 42.1 Å². The Labute approximate surface area is 176 Å². The number of aryl methyl sites for hydroxylation is 2. The number of rotatable bonds is 7. The number of amides is 1. The normalized spacial score (nSPS) is 14.6. The molecular weight excluding hydrogens is 386 g/mol. The van der Waals surface area contributed by atoms with Crippen molar-refractivity contribution in [1.82, 2.24) is 14.9 Å². The summed E-state index contributed by atoms with van der Waals surface area (Å²) in [7, 11) is 0. The van der Waals surface area contributed by atoms with Crippen LogP contribution in [-0.4, -0.2) is 52.2 Å². The number of hydrogen-bond acceptors (Lipinski definition) is 6. The zero-order chi connectivity index (χ0) is 20.6. The summed E-state index contributed by atoms with van der Waals surface area (Å²) in [5.74, 6) is 0.141. The van der Waals surface area contributed by atoms with Crippen molar-refractivity contribution in [1.29, 1.82) is 0 Å². The molecule has 1 aromatic carbocycles. The fourth-order valence-electron chi connectivity index (χ4n) is 3.49. The fraction of sp³-hybridized carbons (Fsp3) is 0.455. The molecule has 0 N–H and O–H groups in total. The van der Waals surface area contributed by atoms with Gasteiger partial charge in [-0.3, -0.25) is 9.59 Å². The molecule has 1 aromatic heterocycles. The van der Waals surface area contributed by atoms with Crippen LogP contribution in [-0.2, 0) is 20.7 Å². The van der Waals surface area contributed by atoms with Gasteiger partial charge in [-0.15, -0.1) is 0 Å². The smallest absolute Gasteiger partial charge is 0.316 e. The van der Waals surface area contributed by atoms with Crippen LogP contribution >= 0.6 is 11.8 Å². The number of esters is 1. The van der Waals surface area contributed by atoms with Gasteiger partial charge in [0.2, 0.25) is 0 Å². The first-order valence-corrected chi connectivity index (χ1v) is 10.9. The van der Waals surface area contributed by atoms with E-state index in [4.69, 9.17) is 4.74 Å². The Hall–Kier alpha value is -2.41. The molecule has 1 amide bonds. The number of piperidine rings is 1. The van der Waals surface area contributed by atoms with Crippen molar-refractivity contribution in [2.75, 3.05) is 25.4 Å². The van der Waals surface area contributed by atoms with Gasteiger partial charge in [0.15, 0.2) is 11.8 Å². The lowest BCUT2D eigenvalue weighted by molar-refractivity contribution is -0.150. The van der Waals surface area contributed by atoms with E-state index >= 15 is 0 Å². The van der Waals surface area contributed by atoms with Crippen molar-refractivity contribution in [2.45, 2.75) is 38.3 Å². The van der Waals surface area contributed by atoms with Crippen LogP contribution in [0.4, 0.5) is 0 Å². The lowest BCUT2D eigenvalue weighted by Crippen LogP contribution is -2.41. The maximum absolute atomic E-state index is 12.3. The summed E-state index contributed by atoms with van der Waals surface area (Å²) >= 11 is 1.22. The molecule has 29 heavy (non-hydrogen) atoms. The summed E-state index contributed by atoms with van der Waals surface area (Å²) in [6, 6.07) is 12.3. The molecule has 0 radical (unpaired) electrons. The summed E-state index contributed by atoms with van der Waals surface area (Å²) < 4.78 is 5.16. The van der Waals surface area contributed by atoms with Crippen molar-refractivity contribution in [3.05, 3.63) is 53.3 Å². The van der Waals surface area contributed by atoms with E-state index in [2.05, 4.69) is 34.2 Å². The van der Waals surface area contributed by atoms with E-state index in [9.17, 15) is 9.59 Å².